The number of ether oxygens (including phenoxy) is 2. The average Bonchev–Trinajstić information content (AvgIpc) is 3.01. The lowest BCUT2D eigenvalue weighted by atomic mass is 9.77. The molecule has 0 radical (unpaired) electrons. The van der Waals surface area contributed by atoms with Crippen LogP contribution in [0.1, 0.15) is 50.5 Å². The Morgan fingerprint density at radius 2 is 2.00 bits per heavy atom. The molecule has 0 aromatic carbocycles. The van der Waals surface area contributed by atoms with Gasteiger partial charge in [-0.3, -0.25) is 9.78 Å². The number of pyridine rings is 1. The molecule has 3 aliphatic rings. The molecule has 142 valence electrons. The number of likely N-dealkylation sites (tertiary alicyclic amines) is 1. The fourth-order valence-electron chi connectivity index (χ4n) is 4.66. The number of hydrogen-bond acceptors (Lipinski definition) is 4. The maximum Gasteiger partial charge on any atom is 0.225 e. The first-order valence-corrected chi connectivity index (χ1v) is 10.2. The molecule has 1 saturated carbocycles. The minimum absolute atomic E-state index is 0.0174. The highest BCUT2D eigenvalue weighted by molar-refractivity contribution is 5.79. The van der Waals surface area contributed by atoms with Gasteiger partial charge in [-0.1, -0.05) is 6.42 Å². The van der Waals surface area contributed by atoms with Crippen molar-refractivity contribution in [3.05, 3.63) is 30.1 Å². The molecule has 26 heavy (non-hydrogen) atoms. The van der Waals surface area contributed by atoms with Crippen LogP contribution in [-0.2, 0) is 20.9 Å². The molecule has 1 aromatic heterocycles. The summed E-state index contributed by atoms with van der Waals surface area (Å²) in [5.41, 5.74) is 1.15. The van der Waals surface area contributed by atoms with Crippen LogP contribution in [0, 0.1) is 11.8 Å². The van der Waals surface area contributed by atoms with Gasteiger partial charge in [0.05, 0.1) is 12.2 Å². The topological polar surface area (TPSA) is 51.7 Å². The number of amides is 1. The Hall–Kier alpha value is -1.46. The lowest BCUT2D eigenvalue weighted by Gasteiger charge is -2.43. The fraction of sp³-hybridized carbons (Fsp3) is 0.714. The summed E-state index contributed by atoms with van der Waals surface area (Å²) in [6.45, 7) is 3.99. The summed E-state index contributed by atoms with van der Waals surface area (Å²) in [5.74, 6) is 1.26. The number of piperidine rings is 1. The van der Waals surface area contributed by atoms with Gasteiger partial charge in [0, 0.05) is 44.6 Å². The zero-order valence-electron chi connectivity index (χ0n) is 15.6. The molecular formula is C21H30N2O3. The summed E-state index contributed by atoms with van der Waals surface area (Å²) in [5, 5.41) is 0. The number of carbonyl (C=O) groups excluding carboxylic acids is 1. The van der Waals surface area contributed by atoms with Crippen molar-refractivity contribution >= 4 is 5.91 Å². The minimum Gasteiger partial charge on any atom is -0.377 e. The van der Waals surface area contributed by atoms with E-state index in [9.17, 15) is 4.79 Å². The molecule has 1 aliphatic carbocycles. The van der Waals surface area contributed by atoms with E-state index in [-0.39, 0.29) is 5.60 Å². The van der Waals surface area contributed by atoms with Gasteiger partial charge >= 0.3 is 0 Å². The zero-order chi connectivity index (χ0) is 17.8. The Kier molecular flexibility index (Phi) is 5.55. The smallest absolute Gasteiger partial charge is 0.225 e. The molecule has 1 atom stereocenters. The first kappa shape index (κ1) is 17.9. The van der Waals surface area contributed by atoms with E-state index in [1.807, 2.05) is 12.1 Å². The van der Waals surface area contributed by atoms with Gasteiger partial charge < -0.3 is 14.4 Å². The third kappa shape index (κ3) is 3.79. The quantitative estimate of drug-likeness (QED) is 0.733. The van der Waals surface area contributed by atoms with E-state index >= 15 is 0 Å². The maximum atomic E-state index is 12.5. The van der Waals surface area contributed by atoms with Gasteiger partial charge in [0.25, 0.3) is 0 Å². The SMILES string of the molecule is O=C(C1CCC1)N1CCC2(CC1)OCC[C@H]2CCOCc1ccncc1. The summed E-state index contributed by atoms with van der Waals surface area (Å²) < 4.78 is 12.1. The van der Waals surface area contributed by atoms with E-state index in [0.29, 0.717) is 24.3 Å². The van der Waals surface area contributed by atoms with Crippen molar-refractivity contribution in [3.63, 3.8) is 0 Å². The summed E-state index contributed by atoms with van der Waals surface area (Å²) in [6, 6.07) is 3.99. The highest BCUT2D eigenvalue weighted by atomic mass is 16.5. The first-order chi connectivity index (χ1) is 12.8. The van der Waals surface area contributed by atoms with Gasteiger partial charge in [-0.25, -0.2) is 0 Å². The second kappa shape index (κ2) is 8.05. The van der Waals surface area contributed by atoms with Gasteiger partial charge in [0.2, 0.25) is 5.91 Å². The van der Waals surface area contributed by atoms with Crippen LogP contribution in [0.25, 0.3) is 0 Å². The molecule has 2 aliphatic heterocycles. The Morgan fingerprint density at radius 1 is 1.23 bits per heavy atom. The van der Waals surface area contributed by atoms with Crippen LogP contribution in [0.5, 0.6) is 0 Å². The number of aromatic nitrogens is 1. The van der Waals surface area contributed by atoms with Crippen LogP contribution in [0.15, 0.2) is 24.5 Å². The fourth-order valence-corrected chi connectivity index (χ4v) is 4.66. The largest absolute Gasteiger partial charge is 0.377 e. The minimum atomic E-state index is -0.0174. The standard InChI is InChI=1S/C21H30N2O3/c24-20(18-2-1-3-18)23-12-8-21(9-13-23)19(7-15-26-21)6-14-25-16-17-4-10-22-11-5-17/h4-5,10-11,18-19H,1-3,6-9,12-16H2/t19-/m1/s1. The molecule has 1 aromatic rings. The van der Waals surface area contributed by atoms with E-state index in [0.717, 1.165) is 64.8 Å². The van der Waals surface area contributed by atoms with Crippen molar-refractivity contribution in [1.82, 2.24) is 9.88 Å². The van der Waals surface area contributed by atoms with Crippen molar-refractivity contribution in [1.29, 1.82) is 0 Å². The average molecular weight is 358 g/mol. The Morgan fingerprint density at radius 3 is 2.69 bits per heavy atom. The highest BCUT2D eigenvalue weighted by Gasteiger charge is 2.47. The molecule has 0 unspecified atom stereocenters. The summed E-state index contributed by atoms with van der Waals surface area (Å²) in [6.07, 6.45) is 11.1. The molecule has 0 N–H and O–H groups in total. The van der Waals surface area contributed by atoms with Gasteiger partial charge in [-0.15, -0.1) is 0 Å². The molecule has 1 spiro atoms. The van der Waals surface area contributed by atoms with Crippen molar-refractivity contribution in [2.45, 2.75) is 57.2 Å². The molecule has 0 bridgehead atoms. The predicted molar refractivity (Wildman–Crippen MR) is 98.5 cm³/mol. The maximum absolute atomic E-state index is 12.5. The van der Waals surface area contributed by atoms with Crippen LogP contribution in [0.2, 0.25) is 0 Å². The van der Waals surface area contributed by atoms with Crippen LogP contribution in [0.4, 0.5) is 0 Å². The van der Waals surface area contributed by atoms with E-state index in [1.54, 1.807) is 12.4 Å². The summed E-state index contributed by atoms with van der Waals surface area (Å²) >= 11 is 0. The molecule has 3 fully saturated rings. The van der Waals surface area contributed by atoms with E-state index < -0.39 is 0 Å². The van der Waals surface area contributed by atoms with E-state index in [4.69, 9.17) is 9.47 Å². The second-order valence-corrected chi connectivity index (χ2v) is 8.05. The number of hydrogen-bond donors (Lipinski definition) is 0. The lowest BCUT2D eigenvalue weighted by Crippen LogP contribution is -2.51. The van der Waals surface area contributed by atoms with Crippen LogP contribution < -0.4 is 0 Å². The molecule has 5 heteroatoms. The Balaban J connectivity index is 1.23. The Bertz CT molecular complexity index is 595. The number of nitrogens with zero attached hydrogens (tertiary/aromatic N) is 2. The third-order valence-corrected chi connectivity index (χ3v) is 6.60. The number of carbonyl (C=O) groups is 1. The summed E-state index contributed by atoms with van der Waals surface area (Å²) in [7, 11) is 0. The third-order valence-electron chi connectivity index (χ3n) is 6.60. The molecular weight excluding hydrogens is 328 g/mol. The van der Waals surface area contributed by atoms with Crippen LogP contribution in [0.3, 0.4) is 0 Å². The lowest BCUT2D eigenvalue weighted by molar-refractivity contribution is -0.144. The van der Waals surface area contributed by atoms with Gasteiger partial charge in [-0.05, 0) is 62.1 Å². The van der Waals surface area contributed by atoms with Crippen molar-refractivity contribution < 1.29 is 14.3 Å². The monoisotopic (exact) mass is 358 g/mol. The zero-order valence-corrected chi connectivity index (χ0v) is 15.6. The molecule has 2 saturated heterocycles. The van der Waals surface area contributed by atoms with Gasteiger partial charge in [-0.2, -0.15) is 0 Å². The normalized spacial score (nSPS) is 25.4. The van der Waals surface area contributed by atoms with Crippen molar-refractivity contribution in [2.24, 2.45) is 11.8 Å². The molecule has 5 nitrogen and oxygen atoms in total. The second-order valence-electron chi connectivity index (χ2n) is 8.05. The first-order valence-electron chi connectivity index (χ1n) is 10.2. The number of rotatable bonds is 6. The van der Waals surface area contributed by atoms with Crippen molar-refractivity contribution in [2.75, 3.05) is 26.3 Å². The van der Waals surface area contributed by atoms with E-state index in [2.05, 4.69) is 9.88 Å². The van der Waals surface area contributed by atoms with Crippen LogP contribution >= 0.6 is 0 Å². The summed E-state index contributed by atoms with van der Waals surface area (Å²) in [4.78, 5) is 18.6. The van der Waals surface area contributed by atoms with E-state index in [1.165, 1.54) is 12.0 Å². The predicted octanol–water partition coefficient (Wildman–Crippen LogP) is 3.19. The molecule has 3 heterocycles. The highest BCUT2D eigenvalue weighted by Crippen LogP contribution is 2.43. The molecule has 4 rings (SSSR count). The molecule has 1 amide bonds. The van der Waals surface area contributed by atoms with Crippen molar-refractivity contribution in [3.8, 4) is 0 Å². The van der Waals surface area contributed by atoms with Gasteiger partial charge in [0.1, 0.15) is 0 Å². The van der Waals surface area contributed by atoms with Gasteiger partial charge in [0.15, 0.2) is 0 Å². The Labute approximate surface area is 156 Å². The van der Waals surface area contributed by atoms with Crippen LogP contribution in [-0.4, -0.2) is 47.7 Å².